The Hall–Kier alpha value is -2.86. The molecule has 5 rings (SSSR count). The average molecular weight is 334 g/mol. The van der Waals surface area contributed by atoms with Gasteiger partial charge in [-0.25, -0.2) is 0 Å². The molecule has 5 aromatic rings. The number of hydrogen-bond acceptors (Lipinski definition) is 0. The maximum atomic E-state index is 2.42. The third-order valence-corrected chi connectivity index (χ3v) is 5.59. The molecule has 0 bridgehead atoms. The number of fused-ring (bicyclic) bond motifs is 5. The van der Waals surface area contributed by atoms with Gasteiger partial charge in [-0.1, -0.05) is 67.9 Å². The van der Waals surface area contributed by atoms with Crippen LogP contribution < -0.4 is 0 Å². The van der Waals surface area contributed by atoms with Crippen molar-refractivity contribution in [1.82, 2.24) is 0 Å². The van der Waals surface area contributed by atoms with Crippen molar-refractivity contribution in [2.45, 2.75) is 26.2 Å². The van der Waals surface area contributed by atoms with E-state index in [1.54, 1.807) is 0 Å². The van der Waals surface area contributed by atoms with Crippen LogP contribution in [0, 0.1) is 0 Å². The van der Waals surface area contributed by atoms with Crippen LogP contribution in [0.2, 0.25) is 0 Å². The quantitative estimate of drug-likeness (QED) is 0.235. The summed E-state index contributed by atoms with van der Waals surface area (Å²) in [5.74, 6) is 0. The van der Waals surface area contributed by atoms with Crippen LogP contribution in [0.4, 0.5) is 0 Å². The monoisotopic (exact) mass is 334 g/mol. The van der Waals surface area contributed by atoms with Gasteiger partial charge >= 0.3 is 0 Å². The van der Waals surface area contributed by atoms with Crippen LogP contribution in [-0.2, 0) is 6.42 Å². The minimum Gasteiger partial charge on any atom is -0.0654 e. The molecule has 0 saturated heterocycles. The molecule has 0 amide bonds. The van der Waals surface area contributed by atoms with Crippen molar-refractivity contribution in [3.05, 3.63) is 84.4 Å². The van der Waals surface area contributed by atoms with Crippen molar-refractivity contribution in [2.24, 2.45) is 0 Å². The zero-order chi connectivity index (χ0) is 17.5. The number of rotatable bonds is 3. The molecular weight excluding hydrogens is 312 g/mol. The molecule has 126 valence electrons. The van der Waals surface area contributed by atoms with Gasteiger partial charge in [-0.2, -0.15) is 0 Å². The van der Waals surface area contributed by atoms with Gasteiger partial charge in [-0.15, -0.1) is 0 Å². The fourth-order valence-corrected chi connectivity index (χ4v) is 4.17. The van der Waals surface area contributed by atoms with Crippen LogP contribution in [0.25, 0.3) is 43.1 Å². The van der Waals surface area contributed by atoms with E-state index in [9.17, 15) is 0 Å². The lowest BCUT2D eigenvalue weighted by molar-refractivity contribution is 0.799. The summed E-state index contributed by atoms with van der Waals surface area (Å²) in [6.07, 6.45) is 3.64. The van der Waals surface area contributed by atoms with Crippen LogP contribution in [0.15, 0.2) is 78.9 Å². The minimum absolute atomic E-state index is 1.16. The Bertz CT molecular complexity index is 1260. The molecule has 5 aromatic carbocycles. The van der Waals surface area contributed by atoms with Gasteiger partial charge in [0.2, 0.25) is 0 Å². The van der Waals surface area contributed by atoms with Gasteiger partial charge in [-0.05, 0) is 85.8 Å². The highest BCUT2D eigenvalue weighted by Crippen LogP contribution is 2.33. The second-order valence-electron chi connectivity index (χ2n) is 7.30. The molecule has 0 radical (unpaired) electrons. The first kappa shape index (κ1) is 15.4. The number of benzene rings is 5. The molecule has 0 nitrogen and oxygen atoms in total. The van der Waals surface area contributed by atoms with Gasteiger partial charge < -0.3 is 0 Å². The lowest BCUT2D eigenvalue weighted by Gasteiger charge is -2.11. The van der Waals surface area contributed by atoms with Crippen molar-refractivity contribution >= 4 is 43.1 Å². The Balaban J connectivity index is 1.86. The summed E-state index contributed by atoms with van der Waals surface area (Å²) in [7, 11) is 0. The molecule has 26 heavy (non-hydrogen) atoms. The summed E-state index contributed by atoms with van der Waals surface area (Å²) in [5, 5.41) is 10.8. The van der Waals surface area contributed by atoms with Gasteiger partial charge in [-0.3, -0.25) is 0 Å². The SMILES string of the molecule is CCCCc1cccc2cc3ccc4cc5ccccc5cc4c3cc12. The molecule has 0 atom stereocenters. The Kier molecular flexibility index (Phi) is 3.64. The topological polar surface area (TPSA) is 0 Å². The van der Waals surface area contributed by atoms with E-state index in [4.69, 9.17) is 0 Å². The lowest BCUT2D eigenvalue weighted by Crippen LogP contribution is -1.88. The van der Waals surface area contributed by atoms with Crippen LogP contribution in [0.1, 0.15) is 25.3 Å². The maximum Gasteiger partial charge on any atom is -0.00987 e. The van der Waals surface area contributed by atoms with E-state index in [0.717, 1.165) is 6.42 Å². The van der Waals surface area contributed by atoms with Crippen molar-refractivity contribution in [3.63, 3.8) is 0 Å². The molecule has 0 spiro atoms. The normalized spacial score (nSPS) is 11.7. The highest BCUT2D eigenvalue weighted by atomic mass is 14.1. The van der Waals surface area contributed by atoms with Crippen LogP contribution >= 0.6 is 0 Å². The van der Waals surface area contributed by atoms with E-state index < -0.39 is 0 Å². The Morgan fingerprint density at radius 3 is 1.92 bits per heavy atom. The highest BCUT2D eigenvalue weighted by Gasteiger charge is 2.07. The summed E-state index contributed by atoms with van der Waals surface area (Å²) in [6.45, 7) is 2.26. The summed E-state index contributed by atoms with van der Waals surface area (Å²) in [6, 6.07) is 29.4. The zero-order valence-corrected chi connectivity index (χ0v) is 15.1. The van der Waals surface area contributed by atoms with Crippen LogP contribution in [0.5, 0.6) is 0 Å². The summed E-state index contributed by atoms with van der Waals surface area (Å²) in [4.78, 5) is 0. The molecule has 0 N–H and O–H groups in total. The van der Waals surface area contributed by atoms with E-state index in [2.05, 4.69) is 85.8 Å². The molecule has 0 saturated carbocycles. The minimum atomic E-state index is 1.16. The summed E-state index contributed by atoms with van der Waals surface area (Å²) >= 11 is 0. The predicted molar refractivity (Wildman–Crippen MR) is 115 cm³/mol. The molecule has 0 heterocycles. The first-order chi connectivity index (χ1) is 12.8. The van der Waals surface area contributed by atoms with E-state index in [1.165, 1.54) is 61.5 Å². The molecular formula is C26H22. The third-order valence-electron chi connectivity index (χ3n) is 5.59. The largest absolute Gasteiger partial charge is 0.0654 e. The second kappa shape index (κ2) is 6.14. The average Bonchev–Trinajstić information content (AvgIpc) is 2.69. The van der Waals surface area contributed by atoms with Crippen LogP contribution in [-0.4, -0.2) is 0 Å². The fourth-order valence-electron chi connectivity index (χ4n) is 4.17. The van der Waals surface area contributed by atoms with Gasteiger partial charge in [0.05, 0.1) is 0 Å². The zero-order valence-electron chi connectivity index (χ0n) is 15.1. The number of hydrogen-bond donors (Lipinski definition) is 0. The second-order valence-corrected chi connectivity index (χ2v) is 7.30. The van der Waals surface area contributed by atoms with E-state index >= 15 is 0 Å². The van der Waals surface area contributed by atoms with Gasteiger partial charge in [0, 0.05) is 0 Å². The van der Waals surface area contributed by atoms with Gasteiger partial charge in [0.1, 0.15) is 0 Å². The lowest BCUT2D eigenvalue weighted by atomic mass is 9.93. The first-order valence-corrected chi connectivity index (χ1v) is 9.60. The van der Waals surface area contributed by atoms with Gasteiger partial charge in [0.15, 0.2) is 0 Å². The predicted octanol–water partition coefficient (Wildman–Crippen LogP) is 7.64. The van der Waals surface area contributed by atoms with E-state index in [-0.39, 0.29) is 0 Å². The fraction of sp³-hybridized carbons (Fsp3) is 0.154. The highest BCUT2D eigenvalue weighted by molar-refractivity contribution is 6.15. The van der Waals surface area contributed by atoms with Crippen LogP contribution in [0.3, 0.4) is 0 Å². The Labute approximate surface area is 154 Å². The molecule has 0 aromatic heterocycles. The van der Waals surface area contributed by atoms with Crippen molar-refractivity contribution in [2.75, 3.05) is 0 Å². The molecule has 0 aliphatic carbocycles. The van der Waals surface area contributed by atoms with Crippen molar-refractivity contribution in [1.29, 1.82) is 0 Å². The van der Waals surface area contributed by atoms with Crippen molar-refractivity contribution in [3.8, 4) is 0 Å². The van der Waals surface area contributed by atoms with Crippen molar-refractivity contribution < 1.29 is 0 Å². The Morgan fingerprint density at radius 1 is 0.538 bits per heavy atom. The van der Waals surface area contributed by atoms with E-state index in [1.807, 2.05) is 0 Å². The third kappa shape index (κ3) is 2.45. The molecule has 0 unspecified atom stereocenters. The molecule has 0 fully saturated rings. The molecule has 0 aliphatic heterocycles. The maximum absolute atomic E-state index is 2.42. The smallest absolute Gasteiger partial charge is 0.00987 e. The Morgan fingerprint density at radius 2 is 1.15 bits per heavy atom. The van der Waals surface area contributed by atoms with E-state index in [0.29, 0.717) is 0 Å². The molecule has 0 aliphatic rings. The first-order valence-electron chi connectivity index (χ1n) is 9.60. The number of aryl methyl sites for hydroxylation is 1. The number of unbranched alkanes of at least 4 members (excludes halogenated alkanes) is 1. The summed E-state index contributed by atoms with van der Waals surface area (Å²) in [5.41, 5.74) is 1.48. The van der Waals surface area contributed by atoms with Gasteiger partial charge in [0.25, 0.3) is 0 Å². The summed E-state index contributed by atoms with van der Waals surface area (Å²) < 4.78 is 0. The molecule has 0 heteroatoms. The standard InChI is InChI=1S/C26H22/c1-2-3-7-18-10-6-11-21-15-23-13-12-22-14-19-8-4-5-9-20(19)16-25(22)26(23)17-24(18)21/h4-6,8-17H,2-3,7H2,1H3.